The van der Waals surface area contributed by atoms with Gasteiger partial charge in [0.25, 0.3) is 11.8 Å². The normalized spacial score (nSPS) is 16.0. The van der Waals surface area contributed by atoms with Gasteiger partial charge in [0.1, 0.15) is 6.04 Å². The van der Waals surface area contributed by atoms with Crippen molar-refractivity contribution in [2.45, 2.75) is 58.7 Å². The quantitative estimate of drug-likeness (QED) is 0.739. The van der Waals surface area contributed by atoms with E-state index in [2.05, 4.69) is 10.6 Å². The Labute approximate surface area is 148 Å². The first kappa shape index (κ1) is 19.0. The zero-order valence-corrected chi connectivity index (χ0v) is 15.2. The second kappa shape index (κ2) is 8.14. The number of amides is 2. The SMILES string of the molecule is Cc1ccccc1C(=O)N[C@H](C(=O)O[C@H](C)C(=O)NC1CC1)C(C)C. The summed E-state index contributed by atoms with van der Waals surface area (Å²) in [5.41, 5.74) is 1.34. The number of esters is 1. The fourth-order valence-corrected chi connectivity index (χ4v) is 2.39. The molecule has 25 heavy (non-hydrogen) atoms. The van der Waals surface area contributed by atoms with Gasteiger partial charge in [-0.15, -0.1) is 0 Å². The third-order valence-corrected chi connectivity index (χ3v) is 4.18. The molecule has 0 unspecified atom stereocenters. The highest BCUT2D eigenvalue weighted by atomic mass is 16.5. The Kier molecular flexibility index (Phi) is 6.17. The molecule has 1 aromatic carbocycles. The van der Waals surface area contributed by atoms with E-state index in [1.807, 2.05) is 32.9 Å². The molecule has 0 aromatic heterocycles. The van der Waals surface area contributed by atoms with E-state index in [0.29, 0.717) is 5.56 Å². The van der Waals surface area contributed by atoms with Crippen LogP contribution in [0.5, 0.6) is 0 Å². The van der Waals surface area contributed by atoms with Crippen LogP contribution in [0.15, 0.2) is 24.3 Å². The van der Waals surface area contributed by atoms with Gasteiger partial charge in [-0.05, 0) is 44.2 Å². The molecule has 2 atom stereocenters. The van der Waals surface area contributed by atoms with E-state index < -0.39 is 18.1 Å². The lowest BCUT2D eigenvalue weighted by Crippen LogP contribution is -2.48. The number of rotatable bonds is 7. The maximum atomic E-state index is 12.5. The predicted molar refractivity (Wildman–Crippen MR) is 94.0 cm³/mol. The van der Waals surface area contributed by atoms with Crippen molar-refractivity contribution in [2.75, 3.05) is 0 Å². The number of hydrogen-bond acceptors (Lipinski definition) is 4. The maximum Gasteiger partial charge on any atom is 0.329 e. The Morgan fingerprint density at radius 1 is 1.12 bits per heavy atom. The van der Waals surface area contributed by atoms with Crippen LogP contribution in [0.4, 0.5) is 0 Å². The first-order valence-electron chi connectivity index (χ1n) is 8.67. The smallest absolute Gasteiger partial charge is 0.329 e. The highest BCUT2D eigenvalue weighted by Crippen LogP contribution is 2.19. The van der Waals surface area contributed by atoms with Crippen molar-refractivity contribution in [1.82, 2.24) is 10.6 Å². The number of benzene rings is 1. The van der Waals surface area contributed by atoms with Gasteiger partial charge in [0.05, 0.1) is 0 Å². The number of ether oxygens (including phenoxy) is 1. The summed E-state index contributed by atoms with van der Waals surface area (Å²) in [5.74, 6) is -1.40. The lowest BCUT2D eigenvalue weighted by molar-refractivity contribution is -0.157. The van der Waals surface area contributed by atoms with Crippen LogP contribution >= 0.6 is 0 Å². The first-order valence-corrected chi connectivity index (χ1v) is 8.67. The number of carbonyl (C=O) groups is 3. The molecule has 0 saturated heterocycles. The number of hydrogen-bond donors (Lipinski definition) is 2. The van der Waals surface area contributed by atoms with Crippen LogP contribution in [-0.4, -0.2) is 36.0 Å². The van der Waals surface area contributed by atoms with Gasteiger partial charge < -0.3 is 15.4 Å². The molecule has 2 amide bonds. The lowest BCUT2D eigenvalue weighted by atomic mass is 10.0. The third-order valence-electron chi connectivity index (χ3n) is 4.18. The van der Waals surface area contributed by atoms with E-state index in [0.717, 1.165) is 18.4 Å². The summed E-state index contributed by atoms with van der Waals surface area (Å²) in [6.07, 6.45) is 1.05. The average molecular weight is 346 g/mol. The zero-order chi connectivity index (χ0) is 18.6. The van der Waals surface area contributed by atoms with Gasteiger partial charge in [0, 0.05) is 11.6 Å². The van der Waals surface area contributed by atoms with E-state index in [-0.39, 0.29) is 23.8 Å². The lowest BCUT2D eigenvalue weighted by Gasteiger charge is -2.23. The topological polar surface area (TPSA) is 84.5 Å². The molecule has 0 radical (unpaired) electrons. The molecule has 6 heteroatoms. The molecule has 0 heterocycles. The molecule has 0 spiro atoms. The van der Waals surface area contributed by atoms with E-state index in [1.165, 1.54) is 6.92 Å². The monoisotopic (exact) mass is 346 g/mol. The fourth-order valence-electron chi connectivity index (χ4n) is 2.39. The molecule has 136 valence electrons. The Morgan fingerprint density at radius 2 is 1.76 bits per heavy atom. The number of aryl methyl sites for hydroxylation is 1. The first-order chi connectivity index (χ1) is 11.8. The molecule has 1 aromatic rings. The van der Waals surface area contributed by atoms with Crippen molar-refractivity contribution >= 4 is 17.8 Å². The van der Waals surface area contributed by atoms with Crippen LogP contribution in [0.1, 0.15) is 49.5 Å². The second-order valence-corrected chi connectivity index (χ2v) is 6.87. The van der Waals surface area contributed by atoms with Gasteiger partial charge in [-0.2, -0.15) is 0 Å². The van der Waals surface area contributed by atoms with Crippen LogP contribution in [-0.2, 0) is 14.3 Å². The Bertz CT molecular complexity index is 653. The molecule has 2 N–H and O–H groups in total. The number of carbonyl (C=O) groups excluding carboxylic acids is 3. The van der Waals surface area contributed by atoms with Gasteiger partial charge in [-0.1, -0.05) is 32.0 Å². The Hall–Kier alpha value is -2.37. The second-order valence-electron chi connectivity index (χ2n) is 6.87. The van der Waals surface area contributed by atoms with Crippen LogP contribution in [0.3, 0.4) is 0 Å². The van der Waals surface area contributed by atoms with Crippen LogP contribution in [0.25, 0.3) is 0 Å². The van der Waals surface area contributed by atoms with Crippen molar-refractivity contribution in [3.05, 3.63) is 35.4 Å². The molecule has 1 fully saturated rings. The molecule has 1 aliphatic rings. The largest absolute Gasteiger partial charge is 0.451 e. The minimum atomic E-state index is -0.885. The van der Waals surface area contributed by atoms with Crippen molar-refractivity contribution in [2.24, 2.45) is 5.92 Å². The van der Waals surface area contributed by atoms with Gasteiger partial charge in [-0.3, -0.25) is 9.59 Å². The molecular weight excluding hydrogens is 320 g/mol. The molecule has 6 nitrogen and oxygen atoms in total. The molecular formula is C19H26N2O4. The molecule has 0 aliphatic heterocycles. The predicted octanol–water partition coefficient (Wildman–Crippen LogP) is 1.96. The van der Waals surface area contributed by atoms with Crippen molar-refractivity contribution in [1.29, 1.82) is 0 Å². The van der Waals surface area contributed by atoms with Crippen LogP contribution in [0, 0.1) is 12.8 Å². The van der Waals surface area contributed by atoms with E-state index in [1.54, 1.807) is 12.1 Å². The highest BCUT2D eigenvalue weighted by molar-refractivity contribution is 5.98. The third kappa shape index (κ3) is 5.31. The summed E-state index contributed by atoms with van der Waals surface area (Å²) < 4.78 is 5.27. The number of nitrogens with one attached hydrogen (secondary N) is 2. The summed E-state index contributed by atoms with van der Waals surface area (Å²) in [4.78, 5) is 36.8. The van der Waals surface area contributed by atoms with E-state index in [9.17, 15) is 14.4 Å². The average Bonchev–Trinajstić information content (AvgIpc) is 3.36. The van der Waals surface area contributed by atoms with Crippen LogP contribution in [0.2, 0.25) is 0 Å². The fraction of sp³-hybridized carbons (Fsp3) is 0.526. The van der Waals surface area contributed by atoms with Gasteiger partial charge in [0.15, 0.2) is 6.10 Å². The van der Waals surface area contributed by atoms with Gasteiger partial charge in [0.2, 0.25) is 0 Å². The van der Waals surface area contributed by atoms with E-state index >= 15 is 0 Å². The zero-order valence-electron chi connectivity index (χ0n) is 15.2. The van der Waals surface area contributed by atoms with Gasteiger partial charge in [-0.25, -0.2) is 4.79 Å². The minimum Gasteiger partial charge on any atom is -0.451 e. The summed E-state index contributed by atoms with van der Waals surface area (Å²) in [5, 5.41) is 5.52. The molecule has 1 aliphatic carbocycles. The summed E-state index contributed by atoms with van der Waals surface area (Å²) in [6.45, 7) is 7.01. The Balaban J connectivity index is 1.98. The van der Waals surface area contributed by atoms with Gasteiger partial charge >= 0.3 is 5.97 Å². The maximum absolute atomic E-state index is 12.5. The summed E-state index contributed by atoms with van der Waals surface area (Å²) in [7, 11) is 0. The molecule has 2 rings (SSSR count). The van der Waals surface area contributed by atoms with E-state index in [4.69, 9.17) is 4.74 Å². The standard InChI is InChI=1S/C19H26N2O4/c1-11(2)16(21-18(23)15-8-6-5-7-12(15)3)19(24)25-13(4)17(22)20-14-9-10-14/h5-8,11,13-14,16H,9-10H2,1-4H3,(H,20,22)(H,21,23)/t13-,16+/m1/s1. The van der Waals surface area contributed by atoms with Crippen LogP contribution < -0.4 is 10.6 Å². The molecule has 1 saturated carbocycles. The summed E-state index contributed by atoms with van der Waals surface area (Å²) >= 11 is 0. The van der Waals surface area contributed by atoms with Crippen molar-refractivity contribution < 1.29 is 19.1 Å². The molecule has 0 bridgehead atoms. The Morgan fingerprint density at radius 3 is 2.32 bits per heavy atom. The van der Waals surface area contributed by atoms with Crippen molar-refractivity contribution in [3.8, 4) is 0 Å². The minimum absolute atomic E-state index is 0.167. The van der Waals surface area contributed by atoms with Crippen molar-refractivity contribution in [3.63, 3.8) is 0 Å². The summed E-state index contributed by atoms with van der Waals surface area (Å²) in [6, 6.07) is 6.55. The highest BCUT2D eigenvalue weighted by Gasteiger charge is 2.31.